The number of carbonyl (C=O) groups is 1. The SMILES string of the molecule is CC(C)(C)OC(=O)N1C=[C]CCC1. The summed E-state index contributed by atoms with van der Waals surface area (Å²) in [5.41, 5.74) is -0.414. The lowest BCUT2D eigenvalue weighted by Gasteiger charge is -2.26. The lowest BCUT2D eigenvalue weighted by atomic mass is 10.2. The molecule has 73 valence electrons. The number of allylic oxidation sites excluding steroid dienone is 1. The Bertz CT molecular complexity index is 215. The van der Waals surface area contributed by atoms with E-state index in [1.54, 1.807) is 11.1 Å². The summed E-state index contributed by atoms with van der Waals surface area (Å²) >= 11 is 0. The first-order chi connectivity index (χ1) is 5.99. The summed E-state index contributed by atoms with van der Waals surface area (Å²) in [4.78, 5) is 13.0. The van der Waals surface area contributed by atoms with Gasteiger partial charge in [0.15, 0.2) is 0 Å². The van der Waals surface area contributed by atoms with E-state index in [4.69, 9.17) is 4.74 Å². The number of amides is 1. The van der Waals surface area contributed by atoms with E-state index < -0.39 is 5.60 Å². The molecule has 1 radical (unpaired) electrons. The first kappa shape index (κ1) is 10.1. The fourth-order valence-electron chi connectivity index (χ4n) is 1.06. The topological polar surface area (TPSA) is 29.5 Å². The van der Waals surface area contributed by atoms with Gasteiger partial charge in [0.2, 0.25) is 0 Å². The van der Waals surface area contributed by atoms with Crippen molar-refractivity contribution < 1.29 is 9.53 Å². The van der Waals surface area contributed by atoms with E-state index in [2.05, 4.69) is 6.08 Å². The second-order valence-corrected chi connectivity index (χ2v) is 4.11. The Balaban J connectivity index is 2.47. The summed E-state index contributed by atoms with van der Waals surface area (Å²) in [6.45, 7) is 6.33. The largest absolute Gasteiger partial charge is 0.443 e. The second kappa shape index (κ2) is 3.81. The quantitative estimate of drug-likeness (QED) is 0.575. The van der Waals surface area contributed by atoms with Crippen LogP contribution in [0.4, 0.5) is 4.79 Å². The molecule has 0 fully saturated rings. The Kier molecular flexibility index (Phi) is 2.96. The Morgan fingerprint density at radius 1 is 1.54 bits per heavy atom. The highest BCUT2D eigenvalue weighted by Gasteiger charge is 2.21. The highest BCUT2D eigenvalue weighted by atomic mass is 16.6. The van der Waals surface area contributed by atoms with Crippen LogP contribution in [0.3, 0.4) is 0 Å². The van der Waals surface area contributed by atoms with Gasteiger partial charge in [0.05, 0.1) is 0 Å². The van der Waals surface area contributed by atoms with E-state index in [-0.39, 0.29) is 6.09 Å². The lowest BCUT2D eigenvalue weighted by molar-refractivity contribution is 0.0325. The van der Waals surface area contributed by atoms with Gasteiger partial charge in [-0.15, -0.1) is 0 Å². The molecular formula is C10H16NO2. The van der Waals surface area contributed by atoms with Crippen molar-refractivity contribution in [3.05, 3.63) is 12.3 Å². The zero-order valence-corrected chi connectivity index (χ0v) is 8.46. The van der Waals surface area contributed by atoms with Crippen molar-refractivity contribution in [3.63, 3.8) is 0 Å². The van der Waals surface area contributed by atoms with Gasteiger partial charge in [-0.05, 0) is 39.7 Å². The Morgan fingerprint density at radius 3 is 2.69 bits per heavy atom. The number of carbonyl (C=O) groups excluding carboxylic acids is 1. The number of hydrogen-bond donors (Lipinski definition) is 0. The summed E-state index contributed by atoms with van der Waals surface area (Å²) in [7, 11) is 0. The Morgan fingerprint density at radius 2 is 2.23 bits per heavy atom. The molecule has 3 nitrogen and oxygen atoms in total. The maximum Gasteiger partial charge on any atom is 0.414 e. The highest BCUT2D eigenvalue weighted by Crippen LogP contribution is 2.12. The molecule has 0 atom stereocenters. The van der Waals surface area contributed by atoms with Crippen molar-refractivity contribution in [3.8, 4) is 0 Å². The monoisotopic (exact) mass is 182 g/mol. The van der Waals surface area contributed by atoms with Gasteiger partial charge < -0.3 is 4.74 Å². The minimum absolute atomic E-state index is 0.278. The summed E-state index contributed by atoms with van der Waals surface area (Å²) in [6.07, 6.45) is 6.30. The zero-order valence-electron chi connectivity index (χ0n) is 8.46. The number of hydrogen-bond acceptors (Lipinski definition) is 2. The standard InChI is InChI=1S/C10H16NO2/c1-10(2,3)13-9(12)11-7-5-4-6-8-11/h8H,4-5,7H2,1-3H3. The van der Waals surface area contributed by atoms with Crippen LogP contribution in [0.1, 0.15) is 33.6 Å². The lowest BCUT2D eigenvalue weighted by Crippen LogP contribution is -2.35. The van der Waals surface area contributed by atoms with Crippen LogP contribution in [0.15, 0.2) is 6.20 Å². The van der Waals surface area contributed by atoms with Gasteiger partial charge >= 0.3 is 6.09 Å². The van der Waals surface area contributed by atoms with E-state index in [0.29, 0.717) is 0 Å². The predicted molar refractivity (Wildman–Crippen MR) is 50.0 cm³/mol. The van der Waals surface area contributed by atoms with Crippen molar-refractivity contribution >= 4 is 6.09 Å². The van der Waals surface area contributed by atoms with Crippen LogP contribution in [0.25, 0.3) is 0 Å². The summed E-state index contributed by atoms with van der Waals surface area (Å²) in [5.74, 6) is 0. The van der Waals surface area contributed by atoms with E-state index in [0.717, 1.165) is 19.4 Å². The molecule has 0 spiro atoms. The Labute approximate surface area is 79.4 Å². The average molecular weight is 182 g/mol. The van der Waals surface area contributed by atoms with Crippen molar-refractivity contribution in [1.29, 1.82) is 0 Å². The molecule has 1 rings (SSSR count). The first-order valence-corrected chi connectivity index (χ1v) is 4.55. The maximum absolute atomic E-state index is 11.4. The molecule has 3 heteroatoms. The van der Waals surface area contributed by atoms with Gasteiger partial charge in [-0.3, -0.25) is 4.90 Å². The number of rotatable bonds is 0. The average Bonchev–Trinajstić information content (AvgIpc) is 2.03. The minimum Gasteiger partial charge on any atom is -0.443 e. The van der Waals surface area contributed by atoms with Crippen LogP contribution in [-0.2, 0) is 4.74 Å². The zero-order chi connectivity index (χ0) is 9.90. The van der Waals surface area contributed by atoms with Crippen LogP contribution in [-0.4, -0.2) is 23.1 Å². The third-order valence-electron chi connectivity index (χ3n) is 1.60. The Hall–Kier alpha value is -0.990. The van der Waals surface area contributed by atoms with Crippen molar-refractivity contribution in [2.75, 3.05) is 6.54 Å². The van der Waals surface area contributed by atoms with Gasteiger partial charge in [0.1, 0.15) is 5.60 Å². The molecule has 1 amide bonds. The summed E-state index contributed by atoms with van der Waals surface area (Å²) in [6, 6.07) is 0. The summed E-state index contributed by atoms with van der Waals surface area (Å²) in [5, 5.41) is 0. The van der Waals surface area contributed by atoms with Gasteiger partial charge in [0.25, 0.3) is 0 Å². The van der Waals surface area contributed by atoms with Crippen molar-refractivity contribution in [2.24, 2.45) is 0 Å². The van der Waals surface area contributed by atoms with Gasteiger partial charge in [-0.25, -0.2) is 4.79 Å². The smallest absolute Gasteiger partial charge is 0.414 e. The molecule has 1 heterocycles. The maximum atomic E-state index is 11.4. The number of ether oxygens (including phenoxy) is 1. The molecule has 13 heavy (non-hydrogen) atoms. The van der Waals surface area contributed by atoms with Crippen LogP contribution < -0.4 is 0 Å². The van der Waals surface area contributed by atoms with E-state index in [9.17, 15) is 4.79 Å². The molecule has 0 saturated carbocycles. The molecule has 0 N–H and O–H groups in total. The molecule has 0 bridgehead atoms. The second-order valence-electron chi connectivity index (χ2n) is 4.11. The van der Waals surface area contributed by atoms with Crippen LogP contribution in [0, 0.1) is 6.08 Å². The third-order valence-corrected chi connectivity index (χ3v) is 1.60. The highest BCUT2D eigenvalue weighted by molar-refractivity contribution is 5.69. The molecular weight excluding hydrogens is 166 g/mol. The molecule has 0 saturated heterocycles. The predicted octanol–water partition coefficient (Wildman–Crippen LogP) is 2.33. The van der Waals surface area contributed by atoms with Gasteiger partial charge in [0, 0.05) is 12.7 Å². The third kappa shape index (κ3) is 3.49. The van der Waals surface area contributed by atoms with E-state index >= 15 is 0 Å². The normalized spacial score (nSPS) is 17.3. The molecule has 0 aliphatic carbocycles. The van der Waals surface area contributed by atoms with Crippen molar-refractivity contribution in [1.82, 2.24) is 4.90 Å². The fraction of sp³-hybridized carbons (Fsp3) is 0.700. The van der Waals surface area contributed by atoms with Crippen LogP contribution >= 0.6 is 0 Å². The van der Waals surface area contributed by atoms with Crippen molar-refractivity contribution in [2.45, 2.75) is 39.2 Å². The fourth-order valence-corrected chi connectivity index (χ4v) is 1.06. The van der Waals surface area contributed by atoms with Gasteiger partial charge in [-0.1, -0.05) is 0 Å². The van der Waals surface area contributed by atoms with Crippen LogP contribution in [0.2, 0.25) is 0 Å². The minimum atomic E-state index is -0.414. The molecule has 1 aliphatic rings. The molecule has 1 aliphatic heterocycles. The van der Waals surface area contributed by atoms with Crippen LogP contribution in [0.5, 0.6) is 0 Å². The van der Waals surface area contributed by atoms with E-state index in [1.807, 2.05) is 20.8 Å². The molecule has 0 unspecified atom stereocenters. The van der Waals surface area contributed by atoms with Gasteiger partial charge in [-0.2, -0.15) is 0 Å². The molecule has 0 aromatic carbocycles. The summed E-state index contributed by atoms with van der Waals surface area (Å²) < 4.78 is 5.19. The first-order valence-electron chi connectivity index (χ1n) is 4.55. The number of nitrogens with zero attached hydrogens (tertiary/aromatic N) is 1. The molecule has 0 aromatic heterocycles. The molecule has 0 aromatic rings. The van der Waals surface area contributed by atoms with E-state index in [1.165, 1.54) is 0 Å².